The highest BCUT2D eigenvalue weighted by Gasteiger charge is 2.14. The molecule has 0 aliphatic rings. The Kier molecular flexibility index (Phi) is 3.94. The van der Waals surface area contributed by atoms with Gasteiger partial charge in [0.2, 0.25) is 0 Å². The summed E-state index contributed by atoms with van der Waals surface area (Å²) in [7, 11) is 0. The molecule has 2 N–H and O–H groups in total. The quantitative estimate of drug-likeness (QED) is 0.674. The van der Waals surface area contributed by atoms with Crippen molar-refractivity contribution in [2.75, 3.05) is 0 Å². The minimum Gasteiger partial charge on any atom is -0.324 e. The van der Waals surface area contributed by atoms with Crippen LogP contribution in [0.5, 0.6) is 0 Å². The van der Waals surface area contributed by atoms with Crippen LogP contribution in [0.1, 0.15) is 25.5 Å². The summed E-state index contributed by atoms with van der Waals surface area (Å²) < 4.78 is 1.06. The van der Waals surface area contributed by atoms with E-state index in [-0.39, 0.29) is 6.04 Å². The number of halogens is 2. The highest BCUT2D eigenvalue weighted by atomic mass is 127. The third-order valence-electron chi connectivity index (χ3n) is 1.91. The van der Waals surface area contributed by atoms with Gasteiger partial charge in [0, 0.05) is 21.4 Å². The molecule has 1 heterocycles. The van der Waals surface area contributed by atoms with Crippen LogP contribution in [0.25, 0.3) is 0 Å². The van der Waals surface area contributed by atoms with E-state index < -0.39 is 0 Å². The van der Waals surface area contributed by atoms with Crippen molar-refractivity contribution in [2.45, 2.75) is 19.9 Å². The molecule has 0 amide bonds. The maximum absolute atomic E-state index is 5.98. The van der Waals surface area contributed by atoms with Gasteiger partial charge in [0.25, 0.3) is 0 Å². The van der Waals surface area contributed by atoms with Crippen LogP contribution in [0.2, 0.25) is 5.15 Å². The predicted molar refractivity (Wildman–Crippen MR) is 63.7 cm³/mol. The van der Waals surface area contributed by atoms with Crippen LogP contribution in [0.3, 0.4) is 0 Å². The second-order valence-corrected chi connectivity index (χ2v) is 4.91. The Balaban J connectivity index is 3.05. The standard InChI is InChI=1S/C9H12ClIN2/c1-5(2)8(12)7-3-6(11)4-13-9(7)10/h3-5,8H,12H2,1-2H3/t8-/m1/s1. The minimum absolute atomic E-state index is 0.0327. The second kappa shape index (κ2) is 4.57. The average molecular weight is 311 g/mol. The molecule has 1 rings (SSSR count). The molecule has 0 unspecified atom stereocenters. The third kappa shape index (κ3) is 2.79. The third-order valence-corrected chi connectivity index (χ3v) is 2.82. The largest absolute Gasteiger partial charge is 0.324 e. The van der Waals surface area contributed by atoms with Crippen molar-refractivity contribution in [2.24, 2.45) is 11.7 Å². The van der Waals surface area contributed by atoms with E-state index in [9.17, 15) is 0 Å². The van der Waals surface area contributed by atoms with Crippen LogP contribution in [0, 0.1) is 9.49 Å². The summed E-state index contributed by atoms with van der Waals surface area (Å²) in [5, 5.41) is 0.515. The van der Waals surface area contributed by atoms with E-state index in [4.69, 9.17) is 17.3 Å². The van der Waals surface area contributed by atoms with Gasteiger partial charge in [-0.3, -0.25) is 0 Å². The van der Waals surface area contributed by atoms with E-state index in [1.165, 1.54) is 0 Å². The molecule has 0 radical (unpaired) electrons. The van der Waals surface area contributed by atoms with Gasteiger partial charge >= 0.3 is 0 Å². The Morgan fingerprint density at radius 2 is 2.15 bits per heavy atom. The lowest BCUT2D eigenvalue weighted by Gasteiger charge is -2.16. The van der Waals surface area contributed by atoms with Crippen LogP contribution in [0.4, 0.5) is 0 Å². The Morgan fingerprint density at radius 3 is 2.69 bits per heavy atom. The molecule has 1 atom stereocenters. The predicted octanol–water partition coefficient (Wildman–Crippen LogP) is 3.00. The Bertz CT molecular complexity index is 302. The van der Waals surface area contributed by atoms with E-state index >= 15 is 0 Å². The first-order valence-corrected chi connectivity index (χ1v) is 5.54. The van der Waals surface area contributed by atoms with Crippen LogP contribution in [-0.2, 0) is 0 Å². The van der Waals surface area contributed by atoms with Crippen LogP contribution >= 0.6 is 34.2 Å². The molecule has 13 heavy (non-hydrogen) atoms. The number of rotatable bonds is 2. The topological polar surface area (TPSA) is 38.9 Å². The molecule has 0 fully saturated rings. The Morgan fingerprint density at radius 1 is 1.54 bits per heavy atom. The Labute approximate surface area is 97.0 Å². The van der Waals surface area contributed by atoms with Crippen molar-refractivity contribution in [3.8, 4) is 0 Å². The SMILES string of the molecule is CC(C)[C@@H](N)c1cc(I)cnc1Cl. The van der Waals surface area contributed by atoms with Crippen LogP contribution < -0.4 is 5.73 Å². The molecule has 0 aliphatic heterocycles. The first-order chi connectivity index (χ1) is 6.02. The summed E-state index contributed by atoms with van der Waals surface area (Å²) in [6, 6.07) is 1.95. The van der Waals surface area contributed by atoms with E-state index in [0.29, 0.717) is 11.1 Å². The fourth-order valence-electron chi connectivity index (χ4n) is 1.03. The summed E-state index contributed by atoms with van der Waals surface area (Å²) in [6.07, 6.45) is 1.74. The molecule has 2 nitrogen and oxygen atoms in total. The normalized spacial score (nSPS) is 13.4. The number of nitrogens with zero attached hydrogens (tertiary/aromatic N) is 1. The fraction of sp³-hybridized carbons (Fsp3) is 0.444. The Hall–Kier alpha value is 0.130. The van der Waals surface area contributed by atoms with Gasteiger partial charge in [0.1, 0.15) is 5.15 Å². The zero-order valence-corrected chi connectivity index (χ0v) is 10.5. The molecule has 0 aliphatic carbocycles. The average Bonchev–Trinajstić information content (AvgIpc) is 2.08. The monoisotopic (exact) mass is 310 g/mol. The molecule has 0 saturated carbocycles. The lowest BCUT2D eigenvalue weighted by molar-refractivity contribution is 0.513. The molecule has 0 aromatic carbocycles. The van der Waals surface area contributed by atoms with Crippen molar-refractivity contribution < 1.29 is 0 Å². The van der Waals surface area contributed by atoms with Crippen molar-refractivity contribution in [3.63, 3.8) is 0 Å². The van der Waals surface area contributed by atoms with E-state index in [0.717, 1.165) is 9.13 Å². The minimum atomic E-state index is -0.0327. The van der Waals surface area contributed by atoms with Crippen molar-refractivity contribution >= 4 is 34.2 Å². The molecule has 0 saturated heterocycles. The van der Waals surface area contributed by atoms with Crippen molar-refractivity contribution in [3.05, 3.63) is 26.5 Å². The van der Waals surface area contributed by atoms with Crippen LogP contribution in [0.15, 0.2) is 12.3 Å². The summed E-state index contributed by atoms with van der Waals surface area (Å²) in [4.78, 5) is 4.06. The van der Waals surface area contributed by atoms with E-state index in [1.807, 2.05) is 6.07 Å². The number of hydrogen-bond donors (Lipinski definition) is 1. The van der Waals surface area contributed by atoms with Gasteiger partial charge in [-0.15, -0.1) is 0 Å². The van der Waals surface area contributed by atoms with E-state index in [2.05, 4.69) is 41.4 Å². The number of hydrogen-bond acceptors (Lipinski definition) is 2. The molecule has 0 bridgehead atoms. The smallest absolute Gasteiger partial charge is 0.133 e. The lowest BCUT2D eigenvalue weighted by atomic mass is 9.99. The first-order valence-electron chi connectivity index (χ1n) is 4.09. The van der Waals surface area contributed by atoms with Gasteiger partial charge in [0.15, 0.2) is 0 Å². The van der Waals surface area contributed by atoms with Gasteiger partial charge in [-0.25, -0.2) is 4.98 Å². The number of pyridine rings is 1. The van der Waals surface area contributed by atoms with Crippen LogP contribution in [-0.4, -0.2) is 4.98 Å². The van der Waals surface area contributed by atoms with Gasteiger partial charge in [-0.2, -0.15) is 0 Å². The summed E-state index contributed by atoms with van der Waals surface area (Å²) in [5.74, 6) is 0.373. The van der Waals surface area contributed by atoms with Gasteiger partial charge in [-0.05, 0) is 34.6 Å². The van der Waals surface area contributed by atoms with Crippen molar-refractivity contribution in [1.82, 2.24) is 4.98 Å². The van der Waals surface area contributed by atoms with Gasteiger partial charge in [-0.1, -0.05) is 25.4 Å². The second-order valence-electron chi connectivity index (χ2n) is 3.30. The lowest BCUT2D eigenvalue weighted by Crippen LogP contribution is -2.17. The van der Waals surface area contributed by atoms with Crippen molar-refractivity contribution in [1.29, 1.82) is 0 Å². The zero-order valence-electron chi connectivity index (χ0n) is 7.59. The first kappa shape index (κ1) is 11.2. The summed E-state index contributed by atoms with van der Waals surface area (Å²) >= 11 is 8.14. The molecular weight excluding hydrogens is 298 g/mol. The molecule has 72 valence electrons. The zero-order chi connectivity index (χ0) is 10.0. The maximum Gasteiger partial charge on any atom is 0.133 e. The maximum atomic E-state index is 5.98. The summed E-state index contributed by atoms with van der Waals surface area (Å²) in [5.41, 5.74) is 6.91. The summed E-state index contributed by atoms with van der Waals surface area (Å²) in [6.45, 7) is 4.14. The number of nitrogens with two attached hydrogens (primary N) is 1. The number of aromatic nitrogens is 1. The molecule has 1 aromatic heterocycles. The highest BCUT2D eigenvalue weighted by Crippen LogP contribution is 2.25. The highest BCUT2D eigenvalue weighted by molar-refractivity contribution is 14.1. The van der Waals surface area contributed by atoms with E-state index in [1.54, 1.807) is 6.20 Å². The van der Waals surface area contributed by atoms with Gasteiger partial charge in [0.05, 0.1) is 0 Å². The molecule has 1 aromatic rings. The van der Waals surface area contributed by atoms with Gasteiger partial charge < -0.3 is 5.73 Å². The molecular formula is C9H12ClIN2. The fourth-order valence-corrected chi connectivity index (χ4v) is 1.74. The molecule has 4 heteroatoms. The molecule has 0 spiro atoms.